The molecule has 5 nitrogen and oxygen atoms in total. The van der Waals surface area contributed by atoms with Crippen LogP contribution >= 0.6 is 0 Å². The summed E-state index contributed by atoms with van der Waals surface area (Å²) in [6.45, 7) is 2.41. The van der Waals surface area contributed by atoms with Crippen LogP contribution in [0.3, 0.4) is 0 Å². The van der Waals surface area contributed by atoms with Crippen LogP contribution in [0.25, 0.3) is 11.8 Å². The van der Waals surface area contributed by atoms with E-state index in [2.05, 4.69) is 5.10 Å². The molecule has 24 heavy (non-hydrogen) atoms. The lowest BCUT2D eigenvalue weighted by atomic mass is 10.2. The minimum atomic E-state index is -0.0666. The fourth-order valence-corrected chi connectivity index (χ4v) is 2.35. The first kappa shape index (κ1) is 15.8. The number of hydrogen-bond acceptors (Lipinski definition) is 3. The van der Waals surface area contributed by atoms with Gasteiger partial charge in [-0.05, 0) is 31.2 Å². The molecule has 0 unspecified atom stereocenters. The number of aromatic nitrogens is 2. The van der Waals surface area contributed by atoms with Crippen LogP contribution in [0, 0.1) is 6.92 Å². The van der Waals surface area contributed by atoms with Gasteiger partial charge in [0.05, 0.1) is 18.1 Å². The van der Waals surface area contributed by atoms with Gasteiger partial charge in [0.2, 0.25) is 5.91 Å². The molecule has 0 aliphatic heterocycles. The Kier molecular flexibility index (Phi) is 4.61. The largest absolute Gasteiger partial charge is 0.469 e. The van der Waals surface area contributed by atoms with E-state index in [0.717, 1.165) is 22.6 Å². The highest BCUT2D eigenvalue weighted by Crippen LogP contribution is 2.12. The first-order chi connectivity index (χ1) is 11.6. The summed E-state index contributed by atoms with van der Waals surface area (Å²) in [5.74, 6) is 0.769. The summed E-state index contributed by atoms with van der Waals surface area (Å²) in [5, 5.41) is 4.31. The zero-order valence-electron chi connectivity index (χ0n) is 13.7. The third-order valence-corrected chi connectivity index (χ3v) is 3.79. The number of furan rings is 1. The van der Waals surface area contributed by atoms with Gasteiger partial charge in [0.15, 0.2) is 0 Å². The van der Waals surface area contributed by atoms with Crippen LogP contribution in [0.2, 0.25) is 0 Å². The van der Waals surface area contributed by atoms with E-state index in [1.54, 1.807) is 41.2 Å². The monoisotopic (exact) mass is 321 g/mol. The van der Waals surface area contributed by atoms with Crippen molar-refractivity contribution in [2.75, 3.05) is 7.05 Å². The third kappa shape index (κ3) is 3.63. The lowest BCUT2D eigenvalue weighted by molar-refractivity contribution is -0.125. The van der Waals surface area contributed by atoms with Crippen molar-refractivity contribution in [1.29, 1.82) is 0 Å². The van der Waals surface area contributed by atoms with E-state index in [-0.39, 0.29) is 5.91 Å². The van der Waals surface area contributed by atoms with E-state index >= 15 is 0 Å². The first-order valence-corrected chi connectivity index (χ1v) is 7.70. The predicted molar refractivity (Wildman–Crippen MR) is 92.5 cm³/mol. The number of carbonyl (C=O) groups is 1. The molecule has 1 aromatic carbocycles. The molecule has 0 aliphatic rings. The number of rotatable bonds is 5. The van der Waals surface area contributed by atoms with Crippen molar-refractivity contribution in [1.82, 2.24) is 14.7 Å². The summed E-state index contributed by atoms with van der Waals surface area (Å²) in [5.41, 5.74) is 2.87. The second-order valence-electron chi connectivity index (χ2n) is 5.58. The highest BCUT2D eigenvalue weighted by molar-refractivity contribution is 5.91. The van der Waals surface area contributed by atoms with Gasteiger partial charge in [0, 0.05) is 37.0 Å². The molecule has 0 atom stereocenters. The minimum Gasteiger partial charge on any atom is -0.469 e. The minimum absolute atomic E-state index is 0.0666. The molecular formula is C19H19N3O2. The Morgan fingerprint density at radius 3 is 2.79 bits per heavy atom. The maximum atomic E-state index is 12.2. The van der Waals surface area contributed by atoms with Crippen molar-refractivity contribution in [2.24, 2.45) is 0 Å². The molecule has 1 amide bonds. The number of aryl methyl sites for hydroxylation is 1. The zero-order valence-corrected chi connectivity index (χ0v) is 13.7. The molecule has 3 rings (SSSR count). The average Bonchev–Trinajstić information content (AvgIpc) is 3.23. The van der Waals surface area contributed by atoms with Crippen LogP contribution in [0.4, 0.5) is 0 Å². The highest BCUT2D eigenvalue weighted by Gasteiger charge is 2.09. The van der Waals surface area contributed by atoms with E-state index in [1.165, 1.54) is 0 Å². The molecule has 0 bridgehead atoms. The van der Waals surface area contributed by atoms with Gasteiger partial charge in [0.25, 0.3) is 0 Å². The summed E-state index contributed by atoms with van der Waals surface area (Å²) >= 11 is 0. The Hall–Kier alpha value is -3.08. The number of hydrogen-bond donors (Lipinski definition) is 0. The third-order valence-electron chi connectivity index (χ3n) is 3.79. The number of nitrogens with zero attached hydrogens (tertiary/aromatic N) is 3. The van der Waals surface area contributed by atoms with Gasteiger partial charge in [-0.25, -0.2) is 4.68 Å². The number of carbonyl (C=O) groups excluding carboxylic acids is 1. The zero-order chi connectivity index (χ0) is 16.9. The average molecular weight is 321 g/mol. The van der Waals surface area contributed by atoms with Crippen molar-refractivity contribution >= 4 is 12.0 Å². The van der Waals surface area contributed by atoms with Gasteiger partial charge in [-0.1, -0.05) is 18.2 Å². The molecule has 2 aromatic heterocycles. The molecular weight excluding hydrogens is 302 g/mol. The van der Waals surface area contributed by atoms with Crippen LogP contribution < -0.4 is 0 Å². The molecule has 122 valence electrons. The summed E-state index contributed by atoms with van der Waals surface area (Å²) < 4.78 is 7.03. The van der Waals surface area contributed by atoms with Gasteiger partial charge >= 0.3 is 0 Å². The fraction of sp³-hybridized carbons (Fsp3) is 0.158. The SMILES string of the molecule is Cc1occc1CN(C)C(=O)/C=C\c1cnn(-c2ccccc2)c1. The van der Waals surface area contributed by atoms with Crippen LogP contribution in [-0.4, -0.2) is 27.6 Å². The molecule has 0 saturated carbocycles. The number of para-hydroxylation sites is 1. The van der Waals surface area contributed by atoms with E-state index in [9.17, 15) is 4.79 Å². The van der Waals surface area contributed by atoms with E-state index in [1.807, 2.05) is 49.5 Å². The molecule has 0 N–H and O–H groups in total. The number of benzene rings is 1. The molecule has 0 saturated heterocycles. The van der Waals surface area contributed by atoms with Crippen LogP contribution in [-0.2, 0) is 11.3 Å². The summed E-state index contributed by atoms with van der Waals surface area (Å²) in [7, 11) is 1.77. The normalized spacial score (nSPS) is 11.1. The lowest BCUT2D eigenvalue weighted by Gasteiger charge is -2.14. The second-order valence-corrected chi connectivity index (χ2v) is 5.58. The predicted octanol–water partition coefficient (Wildman–Crippen LogP) is 3.45. The molecule has 5 heteroatoms. The van der Waals surface area contributed by atoms with Gasteiger partial charge in [-0.3, -0.25) is 4.79 Å². The van der Waals surface area contributed by atoms with Crippen LogP contribution in [0.15, 0.2) is 65.5 Å². The number of amides is 1. The fourth-order valence-electron chi connectivity index (χ4n) is 2.35. The topological polar surface area (TPSA) is 51.3 Å². The lowest BCUT2D eigenvalue weighted by Crippen LogP contribution is -2.24. The highest BCUT2D eigenvalue weighted by atomic mass is 16.3. The van der Waals surface area contributed by atoms with E-state index in [0.29, 0.717) is 6.54 Å². The van der Waals surface area contributed by atoms with Gasteiger partial charge < -0.3 is 9.32 Å². The Bertz CT molecular complexity index is 846. The van der Waals surface area contributed by atoms with Crippen molar-refractivity contribution in [3.8, 4) is 5.69 Å². The van der Waals surface area contributed by atoms with Crippen LogP contribution in [0.5, 0.6) is 0 Å². The molecule has 3 aromatic rings. The first-order valence-electron chi connectivity index (χ1n) is 7.70. The van der Waals surface area contributed by atoms with Crippen molar-refractivity contribution in [3.05, 3.63) is 78.0 Å². The number of likely N-dealkylation sites (N-methyl/N-ethyl adjacent to an activating group) is 1. The Labute approximate surface area is 140 Å². The van der Waals surface area contributed by atoms with Gasteiger partial charge in [-0.15, -0.1) is 0 Å². The van der Waals surface area contributed by atoms with Gasteiger partial charge in [0.1, 0.15) is 5.76 Å². The molecule has 0 radical (unpaired) electrons. The maximum Gasteiger partial charge on any atom is 0.246 e. The smallest absolute Gasteiger partial charge is 0.246 e. The Balaban J connectivity index is 1.64. The molecule has 0 aliphatic carbocycles. The summed E-state index contributed by atoms with van der Waals surface area (Å²) in [4.78, 5) is 13.9. The Morgan fingerprint density at radius 2 is 2.08 bits per heavy atom. The maximum absolute atomic E-state index is 12.2. The van der Waals surface area contributed by atoms with Crippen molar-refractivity contribution in [3.63, 3.8) is 0 Å². The quantitative estimate of drug-likeness (QED) is 0.676. The summed E-state index contributed by atoms with van der Waals surface area (Å²) in [6, 6.07) is 11.7. The Morgan fingerprint density at radius 1 is 1.29 bits per heavy atom. The van der Waals surface area contributed by atoms with Gasteiger partial charge in [-0.2, -0.15) is 5.10 Å². The molecule has 0 spiro atoms. The summed E-state index contributed by atoms with van der Waals surface area (Å²) in [6.07, 6.45) is 8.59. The molecule has 2 heterocycles. The van der Waals surface area contributed by atoms with E-state index in [4.69, 9.17) is 4.42 Å². The van der Waals surface area contributed by atoms with Crippen molar-refractivity contribution < 1.29 is 9.21 Å². The molecule has 0 fully saturated rings. The van der Waals surface area contributed by atoms with Crippen molar-refractivity contribution in [2.45, 2.75) is 13.5 Å². The second kappa shape index (κ2) is 7.00. The van der Waals surface area contributed by atoms with E-state index < -0.39 is 0 Å². The van der Waals surface area contributed by atoms with Crippen LogP contribution in [0.1, 0.15) is 16.9 Å². The standard InChI is InChI=1S/C19H19N3O2/c1-15-17(10-11-24-15)14-21(2)19(23)9-8-16-12-20-22(13-16)18-6-4-3-5-7-18/h3-13H,14H2,1-2H3/b9-8-.